The van der Waals surface area contributed by atoms with Crippen molar-refractivity contribution in [2.45, 2.75) is 19.5 Å². The second kappa shape index (κ2) is 7.07. The fourth-order valence-corrected chi connectivity index (χ4v) is 2.00. The summed E-state index contributed by atoms with van der Waals surface area (Å²) < 4.78 is 12.3. The number of ether oxygens (including phenoxy) is 2. The SMILES string of the molecule is COCC(C)NCc1cnn(-c2ccccc2OC)c1. The minimum Gasteiger partial charge on any atom is -0.494 e. The van der Waals surface area contributed by atoms with Gasteiger partial charge in [0.15, 0.2) is 0 Å². The number of para-hydroxylation sites is 2. The molecule has 0 radical (unpaired) electrons. The van der Waals surface area contributed by atoms with E-state index in [4.69, 9.17) is 9.47 Å². The van der Waals surface area contributed by atoms with Crippen LogP contribution in [0.2, 0.25) is 0 Å². The van der Waals surface area contributed by atoms with Gasteiger partial charge in [-0.3, -0.25) is 0 Å². The fourth-order valence-electron chi connectivity index (χ4n) is 2.00. The average Bonchev–Trinajstić information content (AvgIpc) is 2.94. The predicted molar refractivity (Wildman–Crippen MR) is 78.3 cm³/mol. The highest BCUT2D eigenvalue weighted by Crippen LogP contribution is 2.21. The molecule has 20 heavy (non-hydrogen) atoms. The molecule has 0 aliphatic heterocycles. The lowest BCUT2D eigenvalue weighted by atomic mass is 10.3. The number of benzene rings is 1. The summed E-state index contributed by atoms with van der Waals surface area (Å²) in [6.45, 7) is 3.55. The molecule has 1 atom stereocenters. The second-order valence-electron chi connectivity index (χ2n) is 4.70. The molecule has 1 N–H and O–H groups in total. The molecular formula is C15H21N3O2. The van der Waals surface area contributed by atoms with Crippen LogP contribution in [0.5, 0.6) is 5.75 Å². The maximum absolute atomic E-state index is 5.35. The lowest BCUT2D eigenvalue weighted by Crippen LogP contribution is -2.29. The number of nitrogens with zero attached hydrogens (tertiary/aromatic N) is 2. The Kier molecular flexibility index (Phi) is 5.15. The minimum atomic E-state index is 0.314. The van der Waals surface area contributed by atoms with Gasteiger partial charge in [-0.05, 0) is 19.1 Å². The number of hydrogen-bond acceptors (Lipinski definition) is 4. The van der Waals surface area contributed by atoms with Crippen molar-refractivity contribution in [1.29, 1.82) is 0 Å². The van der Waals surface area contributed by atoms with Gasteiger partial charge in [0.1, 0.15) is 11.4 Å². The lowest BCUT2D eigenvalue weighted by molar-refractivity contribution is 0.171. The summed E-state index contributed by atoms with van der Waals surface area (Å²) in [6, 6.07) is 8.14. The van der Waals surface area contributed by atoms with Crippen LogP contribution >= 0.6 is 0 Å². The van der Waals surface area contributed by atoms with Crippen molar-refractivity contribution in [1.82, 2.24) is 15.1 Å². The molecule has 0 amide bonds. The van der Waals surface area contributed by atoms with E-state index in [2.05, 4.69) is 17.3 Å². The second-order valence-corrected chi connectivity index (χ2v) is 4.70. The average molecular weight is 275 g/mol. The topological polar surface area (TPSA) is 48.3 Å². The Morgan fingerprint density at radius 1 is 1.30 bits per heavy atom. The Morgan fingerprint density at radius 2 is 2.10 bits per heavy atom. The first kappa shape index (κ1) is 14.6. The molecule has 2 aromatic rings. The molecule has 0 saturated carbocycles. The Bertz CT molecular complexity index is 539. The van der Waals surface area contributed by atoms with Gasteiger partial charge in [-0.2, -0.15) is 5.10 Å². The van der Waals surface area contributed by atoms with Crippen LogP contribution in [0, 0.1) is 0 Å². The molecule has 2 rings (SSSR count). The van der Waals surface area contributed by atoms with Crippen LogP contribution in [0.15, 0.2) is 36.7 Å². The van der Waals surface area contributed by atoms with E-state index in [9.17, 15) is 0 Å². The van der Waals surface area contributed by atoms with Crippen LogP contribution in [0.1, 0.15) is 12.5 Å². The van der Waals surface area contributed by atoms with E-state index < -0.39 is 0 Å². The first-order valence-corrected chi connectivity index (χ1v) is 6.64. The van der Waals surface area contributed by atoms with Crippen LogP contribution in [-0.4, -0.2) is 36.6 Å². The third-order valence-corrected chi connectivity index (χ3v) is 3.04. The number of methoxy groups -OCH3 is 2. The number of rotatable bonds is 7. The zero-order valence-electron chi connectivity index (χ0n) is 12.2. The van der Waals surface area contributed by atoms with Gasteiger partial charge in [0.2, 0.25) is 0 Å². The van der Waals surface area contributed by atoms with E-state index in [1.54, 1.807) is 14.2 Å². The summed E-state index contributed by atoms with van der Waals surface area (Å²) in [5.74, 6) is 0.808. The standard InChI is InChI=1S/C15H21N3O2/c1-12(11-19-2)16-8-13-9-17-18(10-13)14-6-4-5-7-15(14)20-3/h4-7,9-10,12,16H,8,11H2,1-3H3. The van der Waals surface area contributed by atoms with Gasteiger partial charge in [-0.15, -0.1) is 0 Å². The number of aromatic nitrogens is 2. The van der Waals surface area contributed by atoms with E-state index in [0.717, 1.165) is 23.5 Å². The molecule has 0 aliphatic rings. The van der Waals surface area contributed by atoms with Crippen LogP contribution in [0.25, 0.3) is 5.69 Å². The van der Waals surface area contributed by atoms with E-state index in [1.165, 1.54) is 0 Å². The Morgan fingerprint density at radius 3 is 2.85 bits per heavy atom. The van der Waals surface area contributed by atoms with Crippen LogP contribution < -0.4 is 10.1 Å². The summed E-state index contributed by atoms with van der Waals surface area (Å²) in [4.78, 5) is 0. The van der Waals surface area contributed by atoms with Gasteiger partial charge in [-0.1, -0.05) is 12.1 Å². The maximum Gasteiger partial charge on any atom is 0.144 e. The van der Waals surface area contributed by atoms with Crippen LogP contribution in [0.3, 0.4) is 0 Å². The van der Waals surface area contributed by atoms with Crippen LogP contribution in [-0.2, 0) is 11.3 Å². The van der Waals surface area contributed by atoms with Gasteiger partial charge in [0.05, 0.1) is 19.9 Å². The van der Waals surface area contributed by atoms with Crippen molar-refractivity contribution >= 4 is 0 Å². The highest BCUT2D eigenvalue weighted by Gasteiger charge is 2.07. The Labute approximate surface area is 119 Å². The van der Waals surface area contributed by atoms with E-state index in [-0.39, 0.29) is 0 Å². The Balaban J connectivity index is 2.05. The van der Waals surface area contributed by atoms with Gasteiger partial charge in [0.25, 0.3) is 0 Å². The molecular weight excluding hydrogens is 254 g/mol. The highest BCUT2D eigenvalue weighted by molar-refractivity contribution is 5.46. The van der Waals surface area contributed by atoms with E-state index >= 15 is 0 Å². The predicted octanol–water partition coefficient (Wildman–Crippen LogP) is 2.01. The molecule has 1 aromatic carbocycles. The van der Waals surface area contributed by atoms with Gasteiger partial charge in [0, 0.05) is 31.5 Å². The molecule has 0 bridgehead atoms. The van der Waals surface area contributed by atoms with Crippen molar-refractivity contribution < 1.29 is 9.47 Å². The third kappa shape index (κ3) is 3.59. The molecule has 0 aliphatic carbocycles. The molecule has 1 heterocycles. The summed E-state index contributed by atoms with van der Waals surface area (Å²) in [7, 11) is 3.37. The highest BCUT2D eigenvalue weighted by atomic mass is 16.5. The zero-order chi connectivity index (χ0) is 14.4. The quantitative estimate of drug-likeness (QED) is 0.839. The van der Waals surface area contributed by atoms with Crippen molar-refractivity contribution in [3.63, 3.8) is 0 Å². The molecule has 0 spiro atoms. The normalized spacial score (nSPS) is 12.3. The van der Waals surface area contributed by atoms with Crippen molar-refractivity contribution in [2.75, 3.05) is 20.8 Å². The summed E-state index contributed by atoms with van der Waals surface area (Å²) in [6.07, 6.45) is 3.86. The van der Waals surface area contributed by atoms with Gasteiger partial charge in [-0.25, -0.2) is 4.68 Å². The first-order chi connectivity index (χ1) is 9.74. The van der Waals surface area contributed by atoms with Gasteiger partial charge >= 0.3 is 0 Å². The molecule has 5 heteroatoms. The van der Waals surface area contributed by atoms with Crippen molar-refractivity contribution in [2.24, 2.45) is 0 Å². The van der Waals surface area contributed by atoms with Gasteiger partial charge < -0.3 is 14.8 Å². The summed E-state index contributed by atoms with van der Waals surface area (Å²) in [5.41, 5.74) is 2.06. The minimum absolute atomic E-state index is 0.314. The summed E-state index contributed by atoms with van der Waals surface area (Å²) in [5, 5.41) is 7.77. The largest absolute Gasteiger partial charge is 0.494 e. The number of hydrogen-bond donors (Lipinski definition) is 1. The van der Waals surface area contributed by atoms with E-state index in [0.29, 0.717) is 12.6 Å². The third-order valence-electron chi connectivity index (χ3n) is 3.04. The zero-order valence-corrected chi connectivity index (χ0v) is 12.2. The molecule has 5 nitrogen and oxygen atoms in total. The molecule has 1 unspecified atom stereocenters. The number of nitrogens with one attached hydrogen (secondary N) is 1. The van der Waals surface area contributed by atoms with Crippen molar-refractivity contribution in [3.8, 4) is 11.4 Å². The van der Waals surface area contributed by atoms with E-state index in [1.807, 2.05) is 41.3 Å². The van der Waals surface area contributed by atoms with Crippen LogP contribution in [0.4, 0.5) is 0 Å². The van der Waals surface area contributed by atoms with Crippen molar-refractivity contribution in [3.05, 3.63) is 42.2 Å². The monoisotopic (exact) mass is 275 g/mol. The smallest absolute Gasteiger partial charge is 0.144 e. The molecule has 108 valence electrons. The maximum atomic E-state index is 5.35. The fraction of sp³-hybridized carbons (Fsp3) is 0.400. The molecule has 1 aromatic heterocycles. The molecule has 0 saturated heterocycles. The lowest BCUT2D eigenvalue weighted by Gasteiger charge is -2.11. The summed E-state index contributed by atoms with van der Waals surface area (Å²) >= 11 is 0. The Hall–Kier alpha value is -1.85. The first-order valence-electron chi connectivity index (χ1n) is 6.64. The molecule has 0 fully saturated rings.